The molecule has 2 aliphatic rings. The van der Waals surface area contributed by atoms with Gasteiger partial charge in [0.05, 0.1) is 13.2 Å². The van der Waals surface area contributed by atoms with Crippen LogP contribution < -0.4 is 9.47 Å². The van der Waals surface area contributed by atoms with Gasteiger partial charge in [0.25, 0.3) is 0 Å². The molecule has 0 aromatic heterocycles. The first-order chi connectivity index (χ1) is 15.4. The molecular weight excluding hydrogens is 432 g/mol. The van der Waals surface area contributed by atoms with Crippen LogP contribution in [0.15, 0.2) is 34.1 Å². The van der Waals surface area contributed by atoms with Gasteiger partial charge in [0.15, 0.2) is 0 Å². The summed E-state index contributed by atoms with van der Waals surface area (Å²) in [6.07, 6.45) is 0.502. The van der Waals surface area contributed by atoms with E-state index in [1.807, 2.05) is 11.8 Å². The van der Waals surface area contributed by atoms with Gasteiger partial charge in [-0.15, -0.1) is 0 Å². The lowest BCUT2D eigenvalue weighted by Crippen LogP contribution is -2.16. The molecule has 0 saturated carbocycles. The predicted octanol–water partition coefficient (Wildman–Crippen LogP) is 6.60. The zero-order valence-corrected chi connectivity index (χ0v) is 22.2. The number of epoxide rings is 2. The lowest BCUT2D eigenvalue weighted by molar-refractivity contribution is 0.261. The van der Waals surface area contributed by atoms with Crippen molar-refractivity contribution in [1.29, 1.82) is 0 Å². The standard InChI is InChI=1S/C28H38O4S/c1-17-9-25(21(27(3,4)5)11-23(17)31-15-19-13-29-19)33-26-10-18(2)24(32-16-20-14-30-20)12-22(26)28(6,7)8/h9-12,19-20H,13-16H2,1-8H3. The average molecular weight is 471 g/mol. The van der Waals surface area contributed by atoms with Crippen LogP contribution in [0.5, 0.6) is 11.5 Å². The third kappa shape index (κ3) is 6.26. The van der Waals surface area contributed by atoms with E-state index in [2.05, 4.69) is 79.7 Å². The van der Waals surface area contributed by atoms with E-state index in [-0.39, 0.29) is 23.0 Å². The fraction of sp³-hybridized carbons (Fsp3) is 0.571. The minimum absolute atomic E-state index is 0.00548. The molecule has 180 valence electrons. The molecule has 0 spiro atoms. The van der Waals surface area contributed by atoms with Crippen LogP contribution in [0.3, 0.4) is 0 Å². The van der Waals surface area contributed by atoms with Gasteiger partial charge < -0.3 is 18.9 Å². The maximum absolute atomic E-state index is 6.10. The molecule has 4 rings (SSSR count). The Morgan fingerprint density at radius 3 is 1.39 bits per heavy atom. The Hall–Kier alpha value is -1.69. The van der Waals surface area contributed by atoms with Crippen LogP contribution in [0.4, 0.5) is 0 Å². The highest BCUT2D eigenvalue weighted by Gasteiger charge is 2.28. The largest absolute Gasteiger partial charge is 0.491 e. The summed E-state index contributed by atoms with van der Waals surface area (Å²) in [6, 6.07) is 9.03. The molecule has 2 saturated heterocycles. The number of hydrogen-bond donors (Lipinski definition) is 0. The highest BCUT2D eigenvalue weighted by molar-refractivity contribution is 7.99. The van der Waals surface area contributed by atoms with E-state index in [1.54, 1.807) is 0 Å². The van der Waals surface area contributed by atoms with E-state index in [4.69, 9.17) is 18.9 Å². The molecule has 2 atom stereocenters. The molecule has 5 heteroatoms. The summed E-state index contributed by atoms with van der Waals surface area (Å²) in [5.74, 6) is 1.91. The summed E-state index contributed by atoms with van der Waals surface area (Å²) in [4.78, 5) is 2.56. The highest BCUT2D eigenvalue weighted by Crippen LogP contribution is 2.45. The van der Waals surface area contributed by atoms with Gasteiger partial charge in [-0.1, -0.05) is 53.3 Å². The van der Waals surface area contributed by atoms with Gasteiger partial charge in [0.1, 0.15) is 36.9 Å². The van der Waals surface area contributed by atoms with Crippen LogP contribution in [0.25, 0.3) is 0 Å². The normalized spacial score (nSPS) is 20.0. The fourth-order valence-electron chi connectivity index (χ4n) is 3.79. The van der Waals surface area contributed by atoms with E-state index >= 15 is 0 Å². The maximum atomic E-state index is 6.10. The Labute approximate surface area is 203 Å². The smallest absolute Gasteiger partial charge is 0.122 e. The van der Waals surface area contributed by atoms with Crippen molar-refractivity contribution in [2.45, 2.75) is 88.2 Å². The average Bonchev–Trinajstić information content (AvgIpc) is 3.59. The summed E-state index contributed by atoms with van der Waals surface area (Å²) in [5.41, 5.74) is 4.90. The second kappa shape index (κ2) is 9.16. The van der Waals surface area contributed by atoms with Crippen molar-refractivity contribution in [2.75, 3.05) is 26.4 Å². The summed E-state index contributed by atoms with van der Waals surface area (Å²) < 4.78 is 22.9. The van der Waals surface area contributed by atoms with Gasteiger partial charge in [0.2, 0.25) is 0 Å². The summed E-state index contributed by atoms with van der Waals surface area (Å²) in [5, 5.41) is 0. The summed E-state index contributed by atoms with van der Waals surface area (Å²) >= 11 is 1.85. The lowest BCUT2D eigenvalue weighted by atomic mass is 9.86. The number of benzene rings is 2. The molecule has 2 fully saturated rings. The zero-order chi connectivity index (χ0) is 24.0. The topological polar surface area (TPSA) is 43.5 Å². The Balaban J connectivity index is 1.68. The van der Waals surface area contributed by atoms with Crippen molar-refractivity contribution in [2.24, 2.45) is 0 Å². The lowest BCUT2D eigenvalue weighted by Gasteiger charge is -2.28. The molecule has 0 amide bonds. The molecule has 0 aliphatic carbocycles. The van der Waals surface area contributed by atoms with Gasteiger partial charge in [-0.3, -0.25) is 0 Å². The van der Waals surface area contributed by atoms with E-state index in [1.165, 1.54) is 20.9 Å². The molecule has 2 unspecified atom stereocenters. The van der Waals surface area contributed by atoms with Crippen LogP contribution in [-0.4, -0.2) is 38.6 Å². The molecular formula is C28H38O4S. The van der Waals surface area contributed by atoms with Crippen molar-refractivity contribution in [1.82, 2.24) is 0 Å². The van der Waals surface area contributed by atoms with Gasteiger partial charge in [0, 0.05) is 9.79 Å². The third-order valence-electron chi connectivity index (χ3n) is 6.04. The minimum atomic E-state index is -0.00548. The summed E-state index contributed by atoms with van der Waals surface area (Å²) in [7, 11) is 0. The van der Waals surface area contributed by atoms with E-state index in [0.29, 0.717) is 13.2 Å². The number of hydrogen-bond acceptors (Lipinski definition) is 5. The first kappa shape index (κ1) is 24.4. The number of rotatable bonds is 8. The number of aryl methyl sites for hydroxylation is 2. The van der Waals surface area contributed by atoms with Crippen molar-refractivity contribution in [3.05, 3.63) is 46.5 Å². The SMILES string of the molecule is Cc1cc(Sc2cc(C)c(OCC3CO3)cc2C(C)(C)C)c(C(C)(C)C)cc1OCC1CO1. The Kier molecular flexibility index (Phi) is 6.78. The molecule has 2 aromatic rings. The predicted molar refractivity (Wildman–Crippen MR) is 134 cm³/mol. The van der Waals surface area contributed by atoms with E-state index in [9.17, 15) is 0 Å². The van der Waals surface area contributed by atoms with Gasteiger partial charge in [-0.25, -0.2) is 0 Å². The molecule has 2 aliphatic heterocycles. The second-order valence-corrected chi connectivity index (χ2v) is 12.4. The molecule has 2 heterocycles. The van der Waals surface area contributed by atoms with Crippen molar-refractivity contribution >= 4 is 11.8 Å². The number of ether oxygens (including phenoxy) is 4. The summed E-state index contributed by atoms with van der Waals surface area (Å²) in [6.45, 7) is 20.7. The quantitative estimate of drug-likeness (QED) is 0.406. The van der Waals surface area contributed by atoms with Gasteiger partial charge in [-0.05, 0) is 71.2 Å². The van der Waals surface area contributed by atoms with Crippen molar-refractivity contribution < 1.29 is 18.9 Å². The molecule has 4 nitrogen and oxygen atoms in total. The maximum Gasteiger partial charge on any atom is 0.122 e. The second-order valence-electron chi connectivity index (χ2n) is 11.4. The van der Waals surface area contributed by atoms with Crippen molar-refractivity contribution in [3.8, 4) is 11.5 Å². The molecule has 2 aromatic carbocycles. The Morgan fingerprint density at radius 1 is 0.727 bits per heavy atom. The van der Waals surface area contributed by atoms with Crippen LogP contribution >= 0.6 is 11.8 Å². The Bertz CT molecular complexity index is 927. The molecule has 0 bridgehead atoms. The minimum Gasteiger partial charge on any atom is -0.491 e. The van der Waals surface area contributed by atoms with Crippen LogP contribution in [0.1, 0.15) is 63.8 Å². The first-order valence-electron chi connectivity index (χ1n) is 11.9. The molecule has 0 radical (unpaired) electrons. The van der Waals surface area contributed by atoms with Crippen LogP contribution in [0.2, 0.25) is 0 Å². The van der Waals surface area contributed by atoms with Gasteiger partial charge >= 0.3 is 0 Å². The van der Waals surface area contributed by atoms with Crippen molar-refractivity contribution in [3.63, 3.8) is 0 Å². The van der Waals surface area contributed by atoms with E-state index < -0.39 is 0 Å². The van der Waals surface area contributed by atoms with E-state index in [0.717, 1.165) is 35.8 Å². The molecule has 33 heavy (non-hydrogen) atoms. The third-order valence-corrected chi connectivity index (χ3v) is 7.16. The molecule has 0 N–H and O–H groups in total. The fourth-order valence-corrected chi connectivity index (χ4v) is 5.45. The van der Waals surface area contributed by atoms with Gasteiger partial charge in [-0.2, -0.15) is 0 Å². The monoisotopic (exact) mass is 470 g/mol. The van der Waals surface area contributed by atoms with Crippen LogP contribution in [0, 0.1) is 13.8 Å². The highest BCUT2D eigenvalue weighted by atomic mass is 32.2. The Morgan fingerprint density at radius 2 is 1.09 bits per heavy atom. The van der Waals surface area contributed by atoms with Crippen LogP contribution in [-0.2, 0) is 20.3 Å². The first-order valence-corrected chi connectivity index (χ1v) is 12.7. The zero-order valence-electron chi connectivity index (χ0n) is 21.3.